The van der Waals surface area contributed by atoms with Crippen LogP contribution >= 0.6 is 0 Å². The van der Waals surface area contributed by atoms with Crippen LogP contribution in [0.25, 0.3) is 0 Å². The third-order valence-corrected chi connectivity index (χ3v) is 3.05. The second-order valence-electron chi connectivity index (χ2n) is 5.60. The average molecular weight is 245 g/mol. The van der Waals surface area contributed by atoms with Gasteiger partial charge in [-0.2, -0.15) is 0 Å². The highest BCUT2D eigenvalue weighted by atomic mass is 16.5. The summed E-state index contributed by atoms with van der Waals surface area (Å²) in [4.78, 5) is 0. The molecule has 0 aromatic carbocycles. The first-order chi connectivity index (χ1) is 7.98. The van der Waals surface area contributed by atoms with Gasteiger partial charge in [0.2, 0.25) is 0 Å². The zero-order valence-electron chi connectivity index (χ0n) is 12.3. The lowest BCUT2D eigenvalue weighted by molar-refractivity contribution is 0.0376. The smallest absolute Gasteiger partial charge is 0.0701 e. The van der Waals surface area contributed by atoms with Crippen molar-refractivity contribution in [3.05, 3.63) is 0 Å². The van der Waals surface area contributed by atoms with Crippen LogP contribution in [0.15, 0.2) is 0 Å². The second-order valence-corrected chi connectivity index (χ2v) is 5.60. The summed E-state index contributed by atoms with van der Waals surface area (Å²) in [6.45, 7) is 15.0. The summed E-state index contributed by atoms with van der Waals surface area (Å²) in [7, 11) is 0. The van der Waals surface area contributed by atoms with Gasteiger partial charge >= 0.3 is 0 Å². The Labute approximate surface area is 107 Å². The second kappa shape index (κ2) is 9.86. The zero-order valence-corrected chi connectivity index (χ0v) is 12.3. The fraction of sp³-hybridized carbons (Fsp3) is 1.00. The summed E-state index contributed by atoms with van der Waals surface area (Å²) in [6.07, 6.45) is 2.33. The Balaban J connectivity index is 3.14. The maximum absolute atomic E-state index is 5.55. The molecular weight excluding hydrogens is 214 g/mol. The van der Waals surface area contributed by atoms with Gasteiger partial charge in [0.15, 0.2) is 0 Å². The monoisotopic (exact) mass is 245 g/mol. The number of hydrogen-bond acceptors (Lipinski definition) is 3. The molecule has 0 rings (SSSR count). The number of rotatable bonds is 11. The van der Waals surface area contributed by atoms with Gasteiger partial charge < -0.3 is 14.8 Å². The summed E-state index contributed by atoms with van der Waals surface area (Å²) >= 11 is 0. The fourth-order valence-corrected chi connectivity index (χ4v) is 1.27. The average Bonchev–Trinajstić information content (AvgIpc) is 2.26. The van der Waals surface area contributed by atoms with Gasteiger partial charge in [-0.1, -0.05) is 41.0 Å². The lowest BCUT2D eigenvalue weighted by atomic mass is 9.87. The molecule has 0 atom stereocenters. The lowest BCUT2D eigenvalue weighted by Crippen LogP contribution is -2.27. The van der Waals surface area contributed by atoms with Gasteiger partial charge in [0.25, 0.3) is 0 Å². The van der Waals surface area contributed by atoms with Crippen LogP contribution < -0.4 is 5.32 Å². The predicted molar refractivity (Wildman–Crippen MR) is 73.5 cm³/mol. The van der Waals surface area contributed by atoms with E-state index in [1.165, 1.54) is 6.42 Å². The van der Waals surface area contributed by atoms with Crippen LogP contribution in [-0.2, 0) is 9.47 Å². The first-order valence-electron chi connectivity index (χ1n) is 6.87. The standard InChI is InChI=1S/C14H31NO2/c1-6-14(4,5)7-9-16-11-12-17-10-8-15-13(2)3/h13,15H,6-12H2,1-5H3. The normalized spacial score (nSPS) is 12.4. The number of hydrogen-bond donors (Lipinski definition) is 1. The Morgan fingerprint density at radius 3 is 2.12 bits per heavy atom. The summed E-state index contributed by atoms with van der Waals surface area (Å²) in [5.41, 5.74) is 0.405. The molecule has 0 fully saturated rings. The van der Waals surface area contributed by atoms with E-state index in [4.69, 9.17) is 9.47 Å². The summed E-state index contributed by atoms with van der Waals surface area (Å²) in [5, 5.41) is 3.31. The minimum absolute atomic E-state index is 0.405. The summed E-state index contributed by atoms with van der Waals surface area (Å²) in [5.74, 6) is 0. The minimum Gasteiger partial charge on any atom is -0.379 e. The molecule has 0 aromatic rings. The Morgan fingerprint density at radius 2 is 1.59 bits per heavy atom. The van der Waals surface area contributed by atoms with Crippen LogP contribution in [-0.4, -0.2) is 39.0 Å². The Kier molecular flexibility index (Phi) is 9.79. The lowest BCUT2D eigenvalue weighted by Gasteiger charge is -2.22. The third kappa shape index (κ3) is 12.1. The molecule has 3 nitrogen and oxygen atoms in total. The van der Waals surface area contributed by atoms with Gasteiger partial charge in [0.1, 0.15) is 0 Å². The summed E-state index contributed by atoms with van der Waals surface area (Å²) in [6, 6.07) is 0.533. The molecule has 0 amide bonds. The van der Waals surface area contributed by atoms with Crippen molar-refractivity contribution in [3.63, 3.8) is 0 Å². The van der Waals surface area contributed by atoms with Crippen molar-refractivity contribution in [2.45, 2.75) is 53.5 Å². The van der Waals surface area contributed by atoms with Crippen molar-refractivity contribution < 1.29 is 9.47 Å². The van der Waals surface area contributed by atoms with Crippen LogP contribution in [0, 0.1) is 5.41 Å². The van der Waals surface area contributed by atoms with Crippen molar-refractivity contribution in [3.8, 4) is 0 Å². The Bertz CT molecular complexity index is 170. The van der Waals surface area contributed by atoms with E-state index in [2.05, 4.69) is 39.9 Å². The molecule has 0 unspecified atom stereocenters. The van der Waals surface area contributed by atoms with Crippen LogP contribution in [0.4, 0.5) is 0 Å². The molecule has 17 heavy (non-hydrogen) atoms. The SMILES string of the molecule is CCC(C)(C)CCOCCOCCNC(C)C. The molecular formula is C14H31NO2. The molecule has 0 saturated heterocycles. The van der Waals surface area contributed by atoms with E-state index in [9.17, 15) is 0 Å². The van der Waals surface area contributed by atoms with Gasteiger partial charge in [-0.15, -0.1) is 0 Å². The van der Waals surface area contributed by atoms with E-state index in [1.54, 1.807) is 0 Å². The van der Waals surface area contributed by atoms with Crippen LogP contribution in [0.3, 0.4) is 0 Å². The first kappa shape index (κ1) is 16.9. The van der Waals surface area contributed by atoms with Gasteiger partial charge in [-0.25, -0.2) is 0 Å². The van der Waals surface area contributed by atoms with E-state index in [1.807, 2.05) is 0 Å². The molecule has 0 saturated carbocycles. The first-order valence-corrected chi connectivity index (χ1v) is 6.87. The van der Waals surface area contributed by atoms with Crippen molar-refractivity contribution in [2.24, 2.45) is 5.41 Å². The van der Waals surface area contributed by atoms with Crippen LogP contribution in [0.1, 0.15) is 47.5 Å². The zero-order chi connectivity index (χ0) is 13.1. The topological polar surface area (TPSA) is 30.5 Å². The third-order valence-electron chi connectivity index (χ3n) is 3.05. The van der Waals surface area contributed by atoms with E-state index in [0.29, 0.717) is 24.7 Å². The highest BCUT2D eigenvalue weighted by Crippen LogP contribution is 2.23. The maximum atomic E-state index is 5.55. The predicted octanol–water partition coefficient (Wildman–Crippen LogP) is 2.84. The van der Waals surface area contributed by atoms with E-state index in [0.717, 1.165) is 26.2 Å². The van der Waals surface area contributed by atoms with Gasteiger partial charge in [-0.05, 0) is 11.8 Å². The largest absolute Gasteiger partial charge is 0.379 e. The van der Waals surface area contributed by atoms with E-state index < -0.39 is 0 Å². The maximum Gasteiger partial charge on any atom is 0.0701 e. The van der Waals surface area contributed by atoms with Crippen molar-refractivity contribution in [2.75, 3.05) is 33.0 Å². The molecule has 104 valence electrons. The fourth-order valence-electron chi connectivity index (χ4n) is 1.27. The van der Waals surface area contributed by atoms with Gasteiger partial charge in [-0.3, -0.25) is 0 Å². The minimum atomic E-state index is 0.405. The van der Waals surface area contributed by atoms with Crippen LogP contribution in [0.2, 0.25) is 0 Å². The number of ether oxygens (including phenoxy) is 2. The highest BCUT2D eigenvalue weighted by Gasteiger charge is 2.13. The molecule has 3 heteroatoms. The highest BCUT2D eigenvalue weighted by molar-refractivity contribution is 4.65. The Morgan fingerprint density at radius 1 is 1.00 bits per heavy atom. The molecule has 0 radical (unpaired) electrons. The summed E-state index contributed by atoms with van der Waals surface area (Å²) < 4.78 is 11.0. The van der Waals surface area contributed by atoms with E-state index in [-0.39, 0.29) is 0 Å². The molecule has 0 bridgehead atoms. The van der Waals surface area contributed by atoms with Crippen molar-refractivity contribution >= 4 is 0 Å². The molecule has 0 aliphatic heterocycles. The molecule has 0 heterocycles. The van der Waals surface area contributed by atoms with Gasteiger partial charge in [0.05, 0.1) is 19.8 Å². The van der Waals surface area contributed by atoms with Crippen molar-refractivity contribution in [1.82, 2.24) is 5.32 Å². The quantitative estimate of drug-likeness (QED) is 0.568. The van der Waals surface area contributed by atoms with Crippen molar-refractivity contribution in [1.29, 1.82) is 0 Å². The molecule has 0 aromatic heterocycles. The molecule has 1 N–H and O–H groups in total. The van der Waals surface area contributed by atoms with E-state index >= 15 is 0 Å². The molecule has 0 spiro atoms. The van der Waals surface area contributed by atoms with Gasteiger partial charge in [0, 0.05) is 19.2 Å². The Hall–Kier alpha value is -0.120. The van der Waals surface area contributed by atoms with Crippen LogP contribution in [0.5, 0.6) is 0 Å². The number of nitrogens with one attached hydrogen (secondary N) is 1. The molecule has 0 aliphatic rings. The molecule has 0 aliphatic carbocycles.